The highest BCUT2D eigenvalue weighted by Gasteiger charge is 2.17. The quantitative estimate of drug-likeness (QED) is 0.172. The van der Waals surface area contributed by atoms with Crippen LogP contribution in [0.3, 0.4) is 0 Å². The zero-order chi connectivity index (χ0) is 34.4. The molecule has 0 saturated carbocycles. The van der Waals surface area contributed by atoms with Gasteiger partial charge < -0.3 is 0 Å². The maximum absolute atomic E-state index is 5.18. The van der Waals surface area contributed by atoms with Gasteiger partial charge in [-0.25, -0.2) is 15.0 Å². The van der Waals surface area contributed by atoms with Crippen LogP contribution in [0, 0.1) is 0 Å². The van der Waals surface area contributed by atoms with E-state index in [0.717, 1.165) is 38.2 Å². The fraction of sp³-hybridized carbons (Fsp3) is 0. The summed E-state index contributed by atoms with van der Waals surface area (Å²) in [6.45, 7) is 0. The first-order chi connectivity index (χ1) is 25.8. The normalized spacial score (nSPS) is 11.5. The summed E-state index contributed by atoms with van der Waals surface area (Å²) in [6, 6.07) is 66.5. The smallest absolute Gasteiger partial charge is 0.164 e. The topological polar surface area (TPSA) is 38.7 Å². The van der Waals surface area contributed by atoms with Crippen LogP contribution in [0.5, 0.6) is 0 Å². The van der Waals surface area contributed by atoms with Crippen molar-refractivity contribution < 1.29 is 0 Å². The molecule has 0 unspecified atom stereocenters. The molecule has 9 aromatic carbocycles. The van der Waals surface area contributed by atoms with Gasteiger partial charge in [-0.15, -0.1) is 0 Å². The van der Waals surface area contributed by atoms with E-state index in [9.17, 15) is 0 Å². The van der Waals surface area contributed by atoms with Gasteiger partial charge in [0.2, 0.25) is 0 Å². The van der Waals surface area contributed by atoms with Crippen molar-refractivity contribution in [2.75, 3.05) is 0 Å². The van der Waals surface area contributed by atoms with Gasteiger partial charge in [-0.1, -0.05) is 170 Å². The Morgan fingerprint density at radius 2 is 0.769 bits per heavy atom. The van der Waals surface area contributed by atoms with Gasteiger partial charge >= 0.3 is 0 Å². The van der Waals surface area contributed by atoms with E-state index in [0.29, 0.717) is 17.5 Å². The average molecular weight is 662 g/mol. The summed E-state index contributed by atoms with van der Waals surface area (Å²) >= 11 is 0. The summed E-state index contributed by atoms with van der Waals surface area (Å²) in [7, 11) is 0. The van der Waals surface area contributed by atoms with Crippen LogP contribution in [-0.4, -0.2) is 15.0 Å². The van der Waals surface area contributed by atoms with E-state index >= 15 is 0 Å². The molecular formula is C49H31N3. The van der Waals surface area contributed by atoms with Crippen molar-refractivity contribution in [3.05, 3.63) is 188 Å². The Kier molecular flexibility index (Phi) is 7.14. The predicted octanol–water partition coefficient (Wildman–Crippen LogP) is 12.8. The summed E-state index contributed by atoms with van der Waals surface area (Å²) in [5, 5.41) is 9.46. The molecule has 0 atom stereocenters. The van der Waals surface area contributed by atoms with Crippen LogP contribution in [0.25, 0.3) is 99.5 Å². The van der Waals surface area contributed by atoms with E-state index in [4.69, 9.17) is 15.0 Å². The van der Waals surface area contributed by atoms with Crippen LogP contribution in [0.15, 0.2) is 188 Å². The first-order valence-electron chi connectivity index (χ1n) is 17.6. The molecule has 1 heterocycles. The molecular weight excluding hydrogens is 631 g/mol. The zero-order valence-electron chi connectivity index (χ0n) is 28.2. The molecule has 0 aliphatic heterocycles. The minimum absolute atomic E-state index is 0.647. The van der Waals surface area contributed by atoms with Crippen molar-refractivity contribution >= 4 is 43.1 Å². The largest absolute Gasteiger partial charge is 0.208 e. The summed E-state index contributed by atoms with van der Waals surface area (Å²) in [5.74, 6) is 1.96. The lowest BCUT2D eigenvalue weighted by Crippen LogP contribution is -2.00. The molecule has 0 saturated heterocycles. The summed E-state index contributed by atoms with van der Waals surface area (Å²) in [5.41, 5.74) is 7.74. The minimum atomic E-state index is 0.647. The number of rotatable bonds is 5. The first-order valence-corrected chi connectivity index (χ1v) is 17.6. The molecule has 10 rings (SSSR count). The Hall–Kier alpha value is -6.97. The molecule has 242 valence electrons. The molecule has 3 nitrogen and oxygen atoms in total. The van der Waals surface area contributed by atoms with E-state index < -0.39 is 0 Å². The van der Waals surface area contributed by atoms with Gasteiger partial charge in [-0.05, 0) is 83.5 Å². The van der Waals surface area contributed by atoms with E-state index in [1.165, 1.54) is 43.8 Å². The van der Waals surface area contributed by atoms with E-state index in [1.807, 2.05) is 18.2 Å². The second kappa shape index (κ2) is 12.4. The molecule has 52 heavy (non-hydrogen) atoms. The number of hydrogen-bond donors (Lipinski definition) is 0. The second-order valence-electron chi connectivity index (χ2n) is 13.2. The van der Waals surface area contributed by atoms with Crippen LogP contribution < -0.4 is 0 Å². The van der Waals surface area contributed by atoms with Crippen LogP contribution in [0.4, 0.5) is 0 Å². The van der Waals surface area contributed by atoms with Gasteiger partial charge in [-0.3, -0.25) is 0 Å². The van der Waals surface area contributed by atoms with Crippen LogP contribution in [0.1, 0.15) is 0 Å². The molecule has 3 heteroatoms. The van der Waals surface area contributed by atoms with Gasteiger partial charge in [0.15, 0.2) is 17.5 Å². The lowest BCUT2D eigenvalue weighted by atomic mass is 9.90. The fourth-order valence-corrected chi connectivity index (χ4v) is 7.56. The fourth-order valence-electron chi connectivity index (χ4n) is 7.56. The molecule has 0 radical (unpaired) electrons. The Balaban J connectivity index is 1.11. The lowest BCUT2D eigenvalue weighted by molar-refractivity contribution is 1.08. The highest BCUT2D eigenvalue weighted by Crippen LogP contribution is 2.38. The molecule has 0 N–H and O–H groups in total. The zero-order valence-corrected chi connectivity index (χ0v) is 28.2. The minimum Gasteiger partial charge on any atom is -0.208 e. The summed E-state index contributed by atoms with van der Waals surface area (Å²) < 4.78 is 0. The van der Waals surface area contributed by atoms with Crippen LogP contribution >= 0.6 is 0 Å². The van der Waals surface area contributed by atoms with Crippen molar-refractivity contribution in [1.29, 1.82) is 0 Å². The molecule has 0 aliphatic rings. The van der Waals surface area contributed by atoms with E-state index in [2.05, 4.69) is 170 Å². The monoisotopic (exact) mass is 661 g/mol. The van der Waals surface area contributed by atoms with Crippen molar-refractivity contribution in [2.45, 2.75) is 0 Å². The Labute approximate surface area is 301 Å². The predicted molar refractivity (Wildman–Crippen MR) is 217 cm³/mol. The second-order valence-corrected chi connectivity index (χ2v) is 13.2. The van der Waals surface area contributed by atoms with Crippen molar-refractivity contribution in [1.82, 2.24) is 15.0 Å². The Morgan fingerprint density at radius 1 is 0.231 bits per heavy atom. The van der Waals surface area contributed by atoms with Crippen molar-refractivity contribution in [2.24, 2.45) is 0 Å². The maximum Gasteiger partial charge on any atom is 0.164 e. The SMILES string of the molecule is c1ccc(-c2nc(-c3ccc4cc(-c5ccccc5-c5cccc6ccccc56)ccc4c3)nc(-c3cc4ccccc4c4ccccc34)n2)cc1. The van der Waals surface area contributed by atoms with Gasteiger partial charge in [0.25, 0.3) is 0 Å². The molecule has 0 fully saturated rings. The van der Waals surface area contributed by atoms with Crippen LogP contribution in [-0.2, 0) is 0 Å². The highest BCUT2D eigenvalue weighted by atomic mass is 15.0. The summed E-state index contributed by atoms with van der Waals surface area (Å²) in [4.78, 5) is 15.3. The Morgan fingerprint density at radius 3 is 1.58 bits per heavy atom. The molecule has 1 aromatic heterocycles. The highest BCUT2D eigenvalue weighted by molar-refractivity contribution is 6.13. The maximum atomic E-state index is 5.18. The third kappa shape index (κ3) is 5.19. The third-order valence-electron chi connectivity index (χ3n) is 10.1. The van der Waals surface area contributed by atoms with Crippen molar-refractivity contribution in [3.63, 3.8) is 0 Å². The number of nitrogens with zero attached hydrogens (tertiary/aromatic N) is 3. The van der Waals surface area contributed by atoms with Crippen molar-refractivity contribution in [3.8, 4) is 56.4 Å². The number of hydrogen-bond acceptors (Lipinski definition) is 3. The van der Waals surface area contributed by atoms with Gasteiger partial charge in [0.1, 0.15) is 0 Å². The van der Waals surface area contributed by atoms with E-state index in [-0.39, 0.29) is 0 Å². The van der Waals surface area contributed by atoms with Crippen LogP contribution in [0.2, 0.25) is 0 Å². The van der Waals surface area contributed by atoms with Gasteiger partial charge in [-0.2, -0.15) is 0 Å². The number of fused-ring (bicyclic) bond motifs is 5. The average Bonchev–Trinajstić information content (AvgIpc) is 3.23. The van der Waals surface area contributed by atoms with Gasteiger partial charge in [0, 0.05) is 16.7 Å². The molecule has 0 spiro atoms. The summed E-state index contributed by atoms with van der Waals surface area (Å²) in [6.07, 6.45) is 0. The third-order valence-corrected chi connectivity index (χ3v) is 10.1. The molecule has 0 aliphatic carbocycles. The Bertz CT molecular complexity index is 2960. The molecule has 10 aromatic rings. The first kappa shape index (κ1) is 29.9. The number of benzene rings is 9. The lowest BCUT2D eigenvalue weighted by Gasteiger charge is -2.14. The molecule has 0 bridgehead atoms. The molecule has 0 amide bonds. The van der Waals surface area contributed by atoms with Gasteiger partial charge in [0.05, 0.1) is 0 Å². The van der Waals surface area contributed by atoms with E-state index in [1.54, 1.807) is 0 Å². The standard InChI is InChI=1S/C49H31N3/c1-2-14-33(15-3-1)47-50-48(52-49(51-47)46-31-36-16-5-7-19-40(36)43-22-10-11-23-45(43)46)38-28-26-34-29-37(27-25-35(34)30-38)41-20-8-9-21-42(41)44-24-12-17-32-13-4-6-18-39(32)44/h1-31H. The number of aromatic nitrogens is 3.